The SMILES string of the molecule is O=C1c2cccc(Cl)c2C(=O)c2cccc(Cl)c21.O=C1c2ccccc2C(=O)c2cc(Cl)ccc21. The highest BCUT2D eigenvalue weighted by molar-refractivity contribution is 6.42. The van der Waals surface area contributed by atoms with E-state index in [1.807, 2.05) is 0 Å². The molecule has 4 aromatic rings. The molecular weight excluding hydrogens is 507 g/mol. The van der Waals surface area contributed by atoms with Crippen LogP contribution >= 0.6 is 34.8 Å². The lowest BCUT2D eigenvalue weighted by atomic mass is 9.84. The first-order valence-electron chi connectivity index (χ1n) is 10.4. The van der Waals surface area contributed by atoms with Gasteiger partial charge in [0, 0.05) is 38.4 Å². The van der Waals surface area contributed by atoms with Crippen LogP contribution in [0.2, 0.25) is 15.1 Å². The minimum atomic E-state index is -0.257. The van der Waals surface area contributed by atoms with E-state index in [1.54, 1.807) is 78.9 Å². The molecule has 0 aromatic heterocycles. The van der Waals surface area contributed by atoms with Crippen molar-refractivity contribution in [3.63, 3.8) is 0 Å². The van der Waals surface area contributed by atoms with E-state index >= 15 is 0 Å². The summed E-state index contributed by atoms with van der Waals surface area (Å²) in [5, 5.41) is 1.04. The molecule has 7 heteroatoms. The van der Waals surface area contributed by atoms with Gasteiger partial charge in [0.1, 0.15) is 0 Å². The quantitative estimate of drug-likeness (QED) is 0.219. The van der Waals surface area contributed by atoms with Crippen molar-refractivity contribution in [3.05, 3.63) is 138 Å². The van der Waals surface area contributed by atoms with Crippen LogP contribution < -0.4 is 0 Å². The summed E-state index contributed by atoms with van der Waals surface area (Å²) >= 11 is 17.9. The highest BCUT2D eigenvalue weighted by atomic mass is 35.5. The van der Waals surface area contributed by atoms with Gasteiger partial charge in [-0.3, -0.25) is 19.2 Å². The van der Waals surface area contributed by atoms with Crippen LogP contribution in [0.25, 0.3) is 0 Å². The van der Waals surface area contributed by atoms with Gasteiger partial charge in [0.05, 0.1) is 21.2 Å². The van der Waals surface area contributed by atoms with Crippen molar-refractivity contribution in [2.75, 3.05) is 0 Å². The van der Waals surface area contributed by atoms with Gasteiger partial charge in [0.25, 0.3) is 0 Å². The predicted molar refractivity (Wildman–Crippen MR) is 135 cm³/mol. The summed E-state index contributed by atoms with van der Waals surface area (Å²) < 4.78 is 0. The minimum absolute atomic E-state index is 0.119. The maximum atomic E-state index is 12.3. The van der Waals surface area contributed by atoms with Crippen LogP contribution in [0, 0.1) is 0 Å². The van der Waals surface area contributed by atoms with Gasteiger partial charge in [-0.25, -0.2) is 0 Å². The van der Waals surface area contributed by atoms with Gasteiger partial charge in [0.15, 0.2) is 23.1 Å². The molecule has 2 aliphatic carbocycles. The Morgan fingerprint density at radius 3 is 1.34 bits per heavy atom. The molecule has 35 heavy (non-hydrogen) atoms. The van der Waals surface area contributed by atoms with E-state index in [0.29, 0.717) is 38.4 Å². The lowest BCUT2D eigenvalue weighted by molar-refractivity contribution is 0.0979. The molecule has 0 unspecified atom stereocenters. The van der Waals surface area contributed by atoms with Crippen molar-refractivity contribution < 1.29 is 19.2 Å². The third kappa shape index (κ3) is 3.80. The summed E-state index contributed by atoms with van der Waals surface area (Å²) in [4.78, 5) is 49.0. The van der Waals surface area contributed by atoms with Crippen LogP contribution in [0.5, 0.6) is 0 Å². The molecule has 0 N–H and O–H groups in total. The van der Waals surface area contributed by atoms with Crippen molar-refractivity contribution in [3.8, 4) is 0 Å². The van der Waals surface area contributed by atoms with Crippen molar-refractivity contribution in [2.24, 2.45) is 0 Å². The molecule has 0 saturated heterocycles. The van der Waals surface area contributed by atoms with Gasteiger partial charge in [-0.1, -0.05) is 83.3 Å². The van der Waals surface area contributed by atoms with E-state index in [4.69, 9.17) is 34.8 Å². The molecular formula is C28H13Cl3O4. The van der Waals surface area contributed by atoms with Crippen molar-refractivity contribution in [2.45, 2.75) is 0 Å². The van der Waals surface area contributed by atoms with Crippen LogP contribution in [0.15, 0.2) is 78.9 Å². The van der Waals surface area contributed by atoms with E-state index in [-0.39, 0.29) is 44.3 Å². The molecule has 4 aromatic carbocycles. The molecule has 170 valence electrons. The van der Waals surface area contributed by atoms with E-state index in [1.165, 1.54) is 0 Å². The molecule has 0 aliphatic heterocycles. The van der Waals surface area contributed by atoms with Crippen molar-refractivity contribution in [1.29, 1.82) is 0 Å². The van der Waals surface area contributed by atoms with Gasteiger partial charge in [0.2, 0.25) is 0 Å². The van der Waals surface area contributed by atoms with Crippen LogP contribution in [0.4, 0.5) is 0 Å². The fourth-order valence-corrected chi connectivity index (χ4v) is 4.92. The van der Waals surface area contributed by atoms with Gasteiger partial charge < -0.3 is 0 Å². The number of hydrogen-bond donors (Lipinski definition) is 0. The highest BCUT2D eigenvalue weighted by Crippen LogP contribution is 2.34. The number of fused-ring (bicyclic) bond motifs is 4. The summed E-state index contributed by atoms with van der Waals surface area (Å²) in [5.74, 6) is -0.773. The third-order valence-corrected chi connectivity index (χ3v) is 6.72. The summed E-state index contributed by atoms with van der Waals surface area (Å²) in [6.45, 7) is 0. The number of carbonyl (C=O) groups excluding carboxylic acids is 4. The molecule has 4 nitrogen and oxygen atoms in total. The molecule has 0 heterocycles. The maximum absolute atomic E-state index is 12.3. The van der Waals surface area contributed by atoms with E-state index in [9.17, 15) is 19.2 Å². The number of halogens is 3. The summed E-state index contributed by atoms with van der Waals surface area (Å²) in [6, 6.07) is 21.3. The Hall–Kier alpha value is -3.57. The van der Waals surface area contributed by atoms with Crippen LogP contribution in [-0.4, -0.2) is 23.1 Å². The molecule has 0 atom stereocenters. The number of hydrogen-bond acceptors (Lipinski definition) is 4. The average Bonchev–Trinajstić information content (AvgIpc) is 2.86. The first-order chi connectivity index (χ1) is 16.8. The summed E-state index contributed by atoms with van der Waals surface area (Å²) in [5.41, 5.74) is 2.89. The Morgan fingerprint density at radius 2 is 0.829 bits per heavy atom. The zero-order chi connectivity index (χ0) is 24.9. The van der Waals surface area contributed by atoms with Crippen LogP contribution in [0.3, 0.4) is 0 Å². The highest BCUT2D eigenvalue weighted by Gasteiger charge is 2.32. The second-order valence-corrected chi connectivity index (χ2v) is 9.13. The number of carbonyl (C=O) groups is 4. The summed E-state index contributed by atoms with van der Waals surface area (Å²) in [7, 11) is 0. The number of rotatable bonds is 0. The van der Waals surface area contributed by atoms with E-state index in [2.05, 4.69) is 0 Å². The van der Waals surface area contributed by atoms with E-state index < -0.39 is 0 Å². The van der Waals surface area contributed by atoms with Gasteiger partial charge in [-0.15, -0.1) is 0 Å². The Morgan fingerprint density at radius 1 is 0.400 bits per heavy atom. The Kier molecular flexibility index (Phi) is 5.89. The van der Waals surface area contributed by atoms with Crippen LogP contribution in [-0.2, 0) is 0 Å². The number of ketones is 4. The standard InChI is InChI=1S/C14H6Cl2O2.C14H7ClO2/c15-9-5-1-3-7-11(9)14(18)8-4-2-6-10(16)12(8)13(7)17;15-8-5-6-11-12(7-8)14(17)10-4-2-1-3-9(10)13(11)16/h1-6H;1-7H. The molecule has 0 radical (unpaired) electrons. The lowest BCUT2D eigenvalue weighted by Gasteiger charge is -2.18. The fourth-order valence-electron chi connectivity index (χ4n) is 4.23. The first-order valence-corrected chi connectivity index (χ1v) is 11.6. The molecule has 0 bridgehead atoms. The molecule has 0 saturated carbocycles. The fraction of sp³-hybridized carbons (Fsp3) is 0. The third-order valence-electron chi connectivity index (χ3n) is 5.86. The van der Waals surface area contributed by atoms with Gasteiger partial charge in [-0.05, 0) is 30.3 Å². The Balaban J connectivity index is 0.000000145. The second kappa shape index (κ2) is 8.90. The van der Waals surface area contributed by atoms with Crippen molar-refractivity contribution >= 4 is 57.9 Å². The van der Waals surface area contributed by atoms with E-state index in [0.717, 1.165) is 0 Å². The Bertz CT molecular complexity index is 1540. The van der Waals surface area contributed by atoms with Gasteiger partial charge >= 0.3 is 0 Å². The normalized spacial score (nSPS) is 13.2. The average molecular weight is 520 g/mol. The lowest BCUT2D eigenvalue weighted by Crippen LogP contribution is -2.21. The topological polar surface area (TPSA) is 68.3 Å². The predicted octanol–water partition coefficient (Wildman–Crippen LogP) is 6.88. The summed E-state index contributed by atoms with van der Waals surface area (Å²) in [6.07, 6.45) is 0. The minimum Gasteiger partial charge on any atom is -0.289 e. The monoisotopic (exact) mass is 518 g/mol. The second-order valence-electron chi connectivity index (χ2n) is 7.88. The molecule has 0 fully saturated rings. The largest absolute Gasteiger partial charge is 0.289 e. The zero-order valence-electron chi connectivity index (χ0n) is 17.8. The van der Waals surface area contributed by atoms with Crippen LogP contribution in [0.1, 0.15) is 63.7 Å². The molecule has 2 aliphatic rings. The Labute approximate surface area is 215 Å². The van der Waals surface area contributed by atoms with Crippen molar-refractivity contribution in [1.82, 2.24) is 0 Å². The smallest absolute Gasteiger partial charge is 0.196 e. The molecule has 6 rings (SSSR count). The van der Waals surface area contributed by atoms with Gasteiger partial charge in [-0.2, -0.15) is 0 Å². The number of benzene rings is 4. The molecule has 0 spiro atoms. The maximum Gasteiger partial charge on any atom is 0.196 e. The molecule has 0 amide bonds. The first kappa shape index (κ1) is 23.2. The zero-order valence-corrected chi connectivity index (χ0v) is 20.0.